The van der Waals surface area contributed by atoms with Crippen LogP contribution in [0, 0.1) is 0 Å². The number of aryl methyl sites for hydroxylation is 1. The van der Waals surface area contributed by atoms with E-state index in [2.05, 4.69) is 39.3 Å². The molecule has 0 radical (unpaired) electrons. The Morgan fingerprint density at radius 3 is 2.86 bits per heavy atom. The van der Waals surface area contributed by atoms with Gasteiger partial charge in [-0.15, -0.1) is 17.0 Å². The van der Waals surface area contributed by atoms with Crippen molar-refractivity contribution in [2.24, 2.45) is 7.05 Å². The highest BCUT2D eigenvalue weighted by Gasteiger charge is 2.39. The first-order valence-electron chi connectivity index (χ1n) is 7.11. The van der Waals surface area contributed by atoms with Gasteiger partial charge in [0.15, 0.2) is 0 Å². The molecule has 2 aromatic heterocycles. The molecule has 5 heteroatoms. The molecule has 1 saturated heterocycles. The van der Waals surface area contributed by atoms with Crippen molar-refractivity contribution in [3.8, 4) is 11.3 Å². The Labute approximate surface area is 135 Å². The average molecular weight is 347 g/mol. The second-order valence-electron chi connectivity index (χ2n) is 5.88. The maximum atomic E-state index is 4.64. The van der Waals surface area contributed by atoms with Crippen LogP contribution >= 0.6 is 17.0 Å². The van der Waals surface area contributed by atoms with Crippen molar-refractivity contribution in [3.63, 3.8) is 0 Å². The van der Waals surface area contributed by atoms with Gasteiger partial charge in [-0.25, -0.2) is 0 Å². The van der Waals surface area contributed by atoms with Crippen molar-refractivity contribution < 1.29 is 0 Å². The quantitative estimate of drug-likeness (QED) is 0.783. The third-order valence-electron chi connectivity index (χ3n) is 4.52. The molecule has 0 saturated carbocycles. The third kappa shape index (κ3) is 2.45. The second kappa shape index (κ2) is 5.39. The van der Waals surface area contributed by atoms with Gasteiger partial charge in [-0.05, 0) is 24.6 Å². The molecule has 1 fully saturated rings. The molecule has 2 atom stereocenters. The van der Waals surface area contributed by atoms with E-state index in [0.29, 0.717) is 0 Å². The van der Waals surface area contributed by atoms with Crippen molar-refractivity contribution in [1.29, 1.82) is 0 Å². The van der Waals surface area contributed by atoms with Crippen molar-refractivity contribution in [3.05, 3.63) is 48.4 Å². The van der Waals surface area contributed by atoms with Gasteiger partial charge in [-0.1, -0.05) is 18.2 Å². The Morgan fingerprint density at radius 2 is 2.14 bits per heavy atom. The number of pyridine rings is 1. The lowest BCUT2D eigenvalue weighted by Gasteiger charge is -2.29. The lowest BCUT2D eigenvalue weighted by atomic mass is 9.79. The smallest absolute Gasteiger partial charge is 0.0733 e. The summed E-state index contributed by atoms with van der Waals surface area (Å²) in [7, 11) is 1.93. The van der Waals surface area contributed by atoms with Crippen molar-refractivity contribution in [1.82, 2.24) is 19.7 Å². The van der Waals surface area contributed by atoms with E-state index in [-0.39, 0.29) is 22.4 Å². The molecule has 2 aliphatic rings. The number of hydrogen-bond acceptors (Lipinski definition) is 3. The van der Waals surface area contributed by atoms with Gasteiger partial charge in [-0.2, -0.15) is 5.10 Å². The first-order valence-corrected chi connectivity index (χ1v) is 7.11. The van der Waals surface area contributed by atoms with Gasteiger partial charge in [0.25, 0.3) is 0 Å². The van der Waals surface area contributed by atoms with Gasteiger partial charge in [0.05, 0.1) is 11.9 Å². The normalized spacial score (nSPS) is 26.6. The van der Waals surface area contributed by atoms with E-state index in [4.69, 9.17) is 0 Å². The van der Waals surface area contributed by atoms with E-state index >= 15 is 0 Å². The minimum atomic E-state index is 0. The fourth-order valence-corrected chi connectivity index (χ4v) is 3.38. The fraction of sp³-hybridized carbons (Fsp3) is 0.375. The average Bonchev–Trinajstić information content (AvgIpc) is 3.04. The molecule has 4 heterocycles. The molecule has 0 amide bonds. The van der Waals surface area contributed by atoms with Crippen LogP contribution in [0.15, 0.2) is 42.9 Å². The van der Waals surface area contributed by atoms with E-state index in [0.717, 1.165) is 24.3 Å². The Bertz CT molecular complexity index is 661. The van der Waals surface area contributed by atoms with Crippen molar-refractivity contribution >= 4 is 17.0 Å². The number of halogens is 1. The molecule has 4 rings (SSSR count). The fourth-order valence-electron chi connectivity index (χ4n) is 3.38. The van der Waals surface area contributed by atoms with Gasteiger partial charge in [-0.3, -0.25) is 14.6 Å². The summed E-state index contributed by atoms with van der Waals surface area (Å²) in [6.45, 7) is 3.43. The SMILES string of the molecule is Br.Cn1cc(-c2ccc(C34C=CCN(CC3)C4)cn2)cn1. The first kappa shape index (κ1) is 14.5. The Kier molecular flexibility index (Phi) is 3.71. The van der Waals surface area contributed by atoms with Crippen molar-refractivity contribution in [2.75, 3.05) is 19.6 Å². The molecule has 2 bridgehead atoms. The van der Waals surface area contributed by atoms with Crippen molar-refractivity contribution in [2.45, 2.75) is 11.8 Å². The molecule has 0 spiro atoms. The first-order chi connectivity index (χ1) is 9.75. The molecular formula is C16H19BrN4. The summed E-state index contributed by atoms with van der Waals surface area (Å²) >= 11 is 0. The lowest BCUT2D eigenvalue weighted by molar-refractivity contribution is 0.345. The minimum absolute atomic E-state index is 0. The van der Waals surface area contributed by atoms with Crippen LogP contribution in [0.5, 0.6) is 0 Å². The topological polar surface area (TPSA) is 34.0 Å². The van der Waals surface area contributed by atoms with Crippen LogP contribution in [0.4, 0.5) is 0 Å². The molecule has 0 aliphatic carbocycles. The standard InChI is InChI=1S/C16H18N4.BrH/c1-19-11-13(9-18-19)15-4-3-14(10-17-15)16-5-2-7-20(12-16)8-6-16;/h2-5,9-11H,6-8,12H2,1H3;1H. The maximum absolute atomic E-state index is 4.64. The molecule has 0 N–H and O–H groups in total. The Hall–Kier alpha value is -1.46. The summed E-state index contributed by atoms with van der Waals surface area (Å²) in [5.41, 5.74) is 3.60. The van der Waals surface area contributed by atoms with Gasteiger partial charge < -0.3 is 0 Å². The van der Waals surface area contributed by atoms with Gasteiger partial charge in [0.2, 0.25) is 0 Å². The number of nitrogens with zero attached hydrogens (tertiary/aromatic N) is 4. The molecule has 110 valence electrons. The van der Waals surface area contributed by atoms with E-state index < -0.39 is 0 Å². The van der Waals surface area contributed by atoms with Crippen LogP contribution in [-0.4, -0.2) is 39.3 Å². The molecule has 4 nitrogen and oxygen atoms in total. The summed E-state index contributed by atoms with van der Waals surface area (Å²) in [5, 5.41) is 4.20. The van der Waals surface area contributed by atoms with Crippen LogP contribution in [0.2, 0.25) is 0 Å². The number of hydrogen-bond donors (Lipinski definition) is 0. The highest BCUT2D eigenvalue weighted by molar-refractivity contribution is 8.93. The van der Waals surface area contributed by atoms with Gasteiger partial charge in [0.1, 0.15) is 0 Å². The molecule has 21 heavy (non-hydrogen) atoms. The zero-order valence-electron chi connectivity index (χ0n) is 12.1. The number of rotatable bonds is 2. The minimum Gasteiger partial charge on any atom is -0.298 e. The van der Waals surface area contributed by atoms with E-state index in [1.165, 1.54) is 18.5 Å². The zero-order chi connectivity index (χ0) is 13.6. The van der Waals surface area contributed by atoms with Crippen LogP contribution in [0.1, 0.15) is 12.0 Å². The van der Waals surface area contributed by atoms with Crippen LogP contribution in [0.25, 0.3) is 11.3 Å². The van der Waals surface area contributed by atoms with Gasteiger partial charge >= 0.3 is 0 Å². The summed E-state index contributed by atoms with van der Waals surface area (Å²) in [4.78, 5) is 7.15. The van der Waals surface area contributed by atoms with Crippen LogP contribution in [0.3, 0.4) is 0 Å². The summed E-state index contributed by atoms with van der Waals surface area (Å²) in [5.74, 6) is 0. The number of fused-ring (bicyclic) bond motifs is 2. The number of aromatic nitrogens is 3. The van der Waals surface area contributed by atoms with Gasteiger partial charge in [0, 0.05) is 43.5 Å². The maximum Gasteiger partial charge on any atom is 0.0733 e. The van der Waals surface area contributed by atoms with Crippen LogP contribution < -0.4 is 0 Å². The highest BCUT2D eigenvalue weighted by atomic mass is 79.9. The zero-order valence-corrected chi connectivity index (χ0v) is 13.8. The lowest BCUT2D eigenvalue weighted by Crippen LogP contribution is -2.33. The molecule has 0 aromatic carbocycles. The highest BCUT2D eigenvalue weighted by Crippen LogP contribution is 2.38. The summed E-state index contributed by atoms with van der Waals surface area (Å²) in [6.07, 6.45) is 11.8. The van der Waals surface area contributed by atoms with Crippen LogP contribution in [-0.2, 0) is 12.5 Å². The predicted molar refractivity (Wildman–Crippen MR) is 88.6 cm³/mol. The molecule has 2 aliphatic heterocycles. The largest absolute Gasteiger partial charge is 0.298 e. The molecular weight excluding hydrogens is 328 g/mol. The summed E-state index contributed by atoms with van der Waals surface area (Å²) in [6, 6.07) is 4.35. The van der Waals surface area contributed by atoms with E-state index in [9.17, 15) is 0 Å². The molecule has 2 aromatic rings. The molecule has 2 unspecified atom stereocenters. The third-order valence-corrected chi connectivity index (χ3v) is 4.52. The van der Waals surface area contributed by atoms with E-state index in [1.807, 2.05) is 30.3 Å². The second-order valence-corrected chi connectivity index (χ2v) is 5.88. The predicted octanol–water partition coefficient (Wildman–Crippen LogP) is 2.57. The van der Waals surface area contributed by atoms with E-state index in [1.54, 1.807) is 0 Å². The Morgan fingerprint density at radius 1 is 1.24 bits per heavy atom. The summed E-state index contributed by atoms with van der Waals surface area (Å²) < 4.78 is 1.81. The monoisotopic (exact) mass is 346 g/mol. The Balaban J connectivity index is 0.00000132.